The van der Waals surface area contributed by atoms with Crippen LogP contribution in [0.3, 0.4) is 0 Å². The maximum Gasteiger partial charge on any atom is 0.408 e. The van der Waals surface area contributed by atoms with Crippen LogP contribution in [0.5, 0.6) is 0 Å². The normalized spacial score (nSPS) is 23.5. The molecule has 0 saturated heterocycles. The van der Waals surface area contributed by atoms with Crippen molar-refractivity contribution in [3.8, 4) is 11.1 Å². The molecule has 0 aromatic heterocycles. The summed E-state index contributed by atoms with van der Waals surface area (Å²) >= 11 is 0. The molecule has 0 radical (unpaired) electrons. The zero-order chi connectivity index (χ0) is 17.6. The van der Waals surface area contributed by atoms with Gasteiger partial charge in [0.25, 0.3) is 0 Å². The SMILES string of the molecule is O=C(N[C@@]1(C(=O)O)CC1O)OCC1c2ccccc2-c2ccccc21. The van der Waals surface area contributed by atoms with E-state index in [-0.39, 0.29) is 18.9 Å². The standard InChI is InChI=1S/C19H17NO5/c21-16-9-19(16,17(22)23)20-18(24)25-10-15-13-7-3-1-5-11(13)12-6-2-4-8-14(12)15/h1-8,15-16,21H,9-10H2,(H,20,24)(H,22,23)/t16?,19-/m0/s1. The van der Waals surface area contributed by atoms with Gasteiger partial charge < -0.3 is 20.3 Å². The molecule has 0 bridgehead atoms. The Morgan fingerprint density at radius 1 is 1.08 bits per heavy atom. The Kier molecular flexibility index (Phi) is 3.51. The van der Waals surface area contributed by atoms with Gasteiger partial charge in [-0.15, -0.1) is 0 Å². The van der Waals surface area contributed by atoms with Gasteiger partial charge in [-0.1, -0.05) is 48.5 Å². The molecule has 2 atom stereocenters. The third-order valence-electron chi connectivity index (χ3n) is 4.97. The van der Waals surface area contributed by atoms with Crippen LogP contribution in [0, 0.1) is 0 Å². The highest BCUT2D eigenvalue weighted by molar-refractivity contribution is 5.89. The smallest absolute Gasteiger partial charge is 0.408 e. The lowest BCUT2D eigenvalue weighted by atomic mass is 9.98. The molecule has 3 N–H and O–H groups in total. The quantitative estimate of drug-likeness (QED) is 0.793. The van der Waals surface area contributed by atoms with Gasteiger partial charge >= 0.3 is 12.1 Å². The van der Waals surface area contributed by atoms with Crippen LogP contribution in [0.4, 0.5) is 4.79 Å². The lowest BCUT2D eigenvalue weighted by molar-refractivity contribution is -0.141. The van der Waals surface area contributed by atoms with Gasteiger partial charge in [0, 0.05) is 12.3 Å². The molecular weight excluding hydrogens is 322 g/mol. The Morgan fingerprint density at radius 2 is 1.60 bits per heavy atom. The molecule has 2 aliphatic carbocycles. The summed E-state index contributed by atoms with van der Waals surface area (Å²) in [5, 5.41) is 20.9. The average Bonchev–Trinajstić information content (AvgIpc) is 3.15. The maximum absolute atomic E-state index is 12.0. The fourth-order valence-corrected chi connectivity index (χ4v) is 3.48. The van der Waals surface area contributed by atoms with E-state index in [9.17, 15) is 14.7 Å². The summed E-state index contributed by atoms with van der Waals surface area (Å²) in [6.45, 7) is 0.103. The Labute approximate surface area is 144 Å². The molecule has 128 valence electrons. The van der Waals surface area contributed by atoms with Gasteiger partial charge in [0.2, 0.25) is 0 Å². The number of hydrogen-bond acceptors (Lipinski definition) is 4. The van der Waals surface area contributed by atoms with Crippen molar-refractivity contribution in [1.29, 1.82) is 0 Å². The number of carboxylic acid groups (broad SMARTS) is 1. The molecule has 0 heterocycles. The van der Waals surface area contributed by atoms with Gasteiger partial charge in [-0.2, -0.15) is 0 Å². The summed E-state index contributed by atoms with van der Waals surface area (Å²) in [6.07, 6.45) is -1.92. The maximum atomic E-state index is 12.0. The number of benzene rings is 2. The second-order valence-electron chi connectivity index (χ2n) is 6.45. The first-order valence-corrected chi connectivity index (χ1v) is 8.07. The zero-order valence-corrected chi connectivity index (χ0v) is 13.3. The monoisotopic (exact) mass is 339 g/mol. The van der Waals surface area contributed by atoms with E-state index < -0.39 is 23.7 Å². The van der Waals surface area contributed by atoms with E-state index in [1.54, 1.807) is 0 Å². The van der Waals surface area contributed by atoms with Crippen LogP contribution in [-0.2, 0) is 9.53 Å². The molecule has 0 spiro atoms. The zero-order valence-electron chi connectivity index (χ0n) is 13.3. The first-order chi connectivity index (χ1) is 12.0. The number of fused-ring (bicyclic) bond motifs is 3. The van der Waals surface area contributed by atoms with Gasteiger partial charge in [-0.25, -0.2) is 9.59 Å². The number of aliphatic hydroxyl groups is 1. The molecule has 6 nitrogen and oxygen atoms in total. The predicted molar refractivity (Wildman–Crippen MR) is 89.2 cm³/mol. The Hall–Kier alpha value is -2.86. The van der Waals surface area contributed by atoms with Gasteiger partial charge in [0.15, 0.2) is 5.54 Å². The number of carboxylic acids is 1. The van der Waals surface area contributed by atoms with Gasteiger partial charge in [0.05, 0.1) is 6.10 Å². The summed E-state index contributed by atoms with van der Waals surface area (Å²) in [4.78, 5) is 23.2. The van der Waals surface area contributed by atoms with Crippen molar-refractivity contribution in [3.63, 3.8) is 0 Å². The van der Waals surface area contributed by atoms with Crippen LogP contribution in [0.1, 0.15) is 23.5 Å². The van der Waals surface area contributed by atoms with Crippen molar-refractivity contribution >= 4 is 12.1 Å². The molecule has 6 heteroatoms. The van der Waals surface area contributed by atoms with E-state index in [0.29, 0.717) is 0 Å². The molecule has 4 rings (SSSR count). The predicted octanol–water partition coefficient (Wildman–Crippen LogP) is 2.11. The minimum absolute atomic E-state index is 0.00741. The first-order valence-electron chi connectivity index (χ1n) is 8.07. The minimum Gasteiger partial charge on any atom is -0.479 e. The lowest BCUT2D eigenvalue weighted by Crippen LogP contribution is -2.46. The number of alkyl carbamates (subject to hydrolysis) is 1. The van der Waals surface area contributed by atoms with Crippen LogP contribution in [0.15, 0.2) is 48.5 Å². The molecule has 1 fully saturated rings. The first kappa shape index (κ1) is 15.7. The van der Waals surface area contributed by atoms with Crippen molar-refractivity contribution < 1.29 is 24.5 Å². The number of hydrogen-bond donors (Lipinski definition) is 3. The topological polar surface area (TPSA) is 95.9 Å². The van der Waals surface area contributed by atoms with E-state index in [1.165, 1.54) is 0 Å². The van der Waals surface area contributed by atoms with Crippen molar-refractivity contribution in [1.82, 2.24) is 5.32 Å². The molecule has 2 aromatic rings. The van der Waals surface area contributed by atoms with E-state index in [0.717, 1.165) is 22.3 Å². The van der Waals surface area contributed by atoms with Crippen molar-refractivity contribution in [2.45, 2.75) is 24.0 Å². The molecule has 1 amide bonds. The number of carbonyl (C=O) groups is 2. The molecule has 0 aliphatic heterocycles. The molecule has 2 aromatic carbocycles. The average molecular weight is 339 g/mol. The highest BCUT2D eigenvalue weighted by atomic mass is 16.5. The van der Waals surface area contributed by atoms with Crippen molar-refractivity contribution in [2.24, 2.45) is 0 Å². The summed E-state index contributed by atoms with van der Waals surface area (Å²) in [5.74, 6) is -1.35. The van der Waals surface area contributed by atoms with Crippen LogP contribution >= 0.6 is 0 Å². The molecule has 2 aliphatic rings. The molecule has 25 heavy (non-hydrogen) atoms. The van der Waals surface area contributed by atoms with Crippen LogP contribution in [-0.4, -0.2) is 40.5 Å². The number of aliphatic hydroxyl groups excluding tert-OH is 1. The fraction of sp³-hybridized carbons (Fsp3) is 0.263. The van der Waals surface area contributed by atoms with Crippen LogP contribution in [0.2, 0.25) is 0 Å². The lowest BCUT2D eigenvalue weighted by Gasteiger charge is -2.17. The van der Waals surface area contributed by atoms with Gasteiger partial charge in [-0.3, -0.25) is 0 Å². The summed E-state index contributed by atoms with van der Waals surface area (Å²) < 4.78 is 5.29. The molecular formula is C19H17NO5. The summed E-state index contributed by atoms with van der Waals surface area (Å²) in [7, 11) is 0. The largest absolute Gasteiger partial charge is 0.479 e. The van der Waals surface area contributed by atoms with E-state index >= 15 is 0 Å². The number of rotatable bonds is 4. The third kappa shape index (κ3) is 2.46. The highest BCUT2D eigenvalue weighted by Gasteiger charge is 2.62. The second-order valence-corrected chi connectivity index (χ2v) is 6.45. The van der Waals surface area contributed by atoms with E-state index in [4.69, 9.17) is 9.84 Å². The fourth-order valence-electron chi connectivity index (χ4n) is 3.48. The number of aliphatic carboxylic acids is 1. The second kappa shape index (κ2) is 5.60. The van der Waals surface area contributed by atoms with Crippen molar-refractivity contribution in [3.05, 3.63) is 59.7 Å². The van der Waals surface area contributed by atoms with Gasteiger partial charge in [0.1, 0.15) is 6.61 Å². The van der Waals surface area contributed by atoms with Gasteiger partial charge in [-0.05, 0) is 22.3 Å². The molecule has 1 unspecified atom stereocenters. The number of carbonyl (C=O) groups excluding carboxylic acids is 1. The summed E-state index contributed by atoms with van der Waals surface area (Å²) in [6, 6.07) is 15.9. The Morgan fingerprint density at radius 3 is 2.08 bits per heavy atom. The minimum atomic E-state index is -1.61. The highest BCUT2D eigenvalue weighted by Crippen LogP contribution is 2.44. The van der Waals surface area contributed by atoms with Crippen molar-refractivity contribution in [2.75, 3.05) is 6.61 Å². The Bertz CT molecular complexity index is 819. The van der Waals surface area contributed by atoms with Crippen LogP contribution in [0.25, 0.3) is 11.1 Å². The third-order valence-corrected chi connectivity index (χ3v) is 4.97. The number of ether oxygens (including phenoxy) is 1. The Balaban J connectivity index is 1.50. The van der Waals surface area contributed by atoms with E-state index in [2.05, 4.69) is 5.32 Å². The summed E-state index contributed by atoms with van der Waals surface area (Å²) in [5.41, 5.74) is 2.79. The van der Waals surface area contributed by atoms with Crippen LogP contribution < -0.4 is 5.32 Å². The number of nitrogens with one attached hydrogen (secondary N) is 1. The number of amides is 1. The van der Waals surface area contributed by atoms with E-state index in [1.807, 2.05) is 48.5 Å². The molecule has 1 saturated carbocycles.